The monoisotopic (exact) mass is 284 g/mol. The zero-order valence-corrected chi connectivity index (χ0v) is 11.7. The van der Waals surface area contributed by atoms with E-state index in [0.717, 1.165) is 12.8 Å². The number of anilines is 1. The van der Waals surface area contributed by atoms with E-state index in [1.165, 1.54) is 13.3 Å². The highest BCUT2D eigenvalue weighted by Crippen LogP contribution is 2.31. The van der Waals surface area contributed by atoms with E-state index in [9.17, 15) is 4.79 Å². The average molecular weight is 285 g/mol. The molecule has 1 aliphatic rings. The second kappa shape index (κ2) is 5.61. The average Bonchev–Trinajstić information content (AvgIpc) is 2.40. The number of aromatic nitrogens is 2. The van der Waals surface area contributed by atoms with E-state index >= 15 is 0 Å². The number of ether oxygens (including phenoxy) is 1. The number of hydrogen-bond donors (Lipinski definition) is 1. The van der Waals surface area contributed by atoms with Gasteiger partial charge in [0.2, 0.25) is 5.91 Å². The maximum Gasteiger partial charge on any atom is 0.318 e. The van der Waals surface area contributed by atoms with Gasteiger partial charge < -0.3 is 15.4 Å². The largest absolute Gasteiger partial charge is 0.467 e. The molecule has 0 radical (unpaired) electrons. The first kappa shape index (κ1) is 13.9. The van der Waals surface area contributed by atoms with Crippen LogP contribution in [0.15, 0.2) is 6.20 Å². The fourth-order valence-electron chi connectivity index (χ4n) is 2.28. The molecule has 0 aliphatic carbocycles. The molecule has 2 heterocycles. The van der Waals surface area contributed by atoms with E-state index < -0.39 is 0 Å². The van der Waals surface area contributed by atoms with E-state index in [-0.39, 0.29) is 23.9 Å². The molecular formula is C12H17ClN4O2. The summed E-state index contributed by atoms with van der Waals surface area (Å²) in [5, 5.41) is 0.442. The van der Waals surface area contributed by atoms with Crippen LogP contribution in [0.4, 0.5) is 5.82 Å². The predicted molar refractivity (Wildman–Crippen MR) is 72.3 cm³/mol. The van der Waals surface area contributed by atoms with Crippen LogP contribution in [0.5, 0.6) is 6.01 Å². The van der Waals surface area contributed by atoms with Crippen LogP contribution in [-0.2, 0) is 4.79 Å². The number of rotatable bonds is 3. The van der Waals surface area contributed by atoms with Crippen molar-refractivity contribution >= 4 is 23.3 Å². The minimum atomic E-state index is -0.283. The summed E-state index contributed by atoms with van der Waals surface area (Å²) in [5.74, 6) is 0.134. The zero-order valence-electron chi connectivity index (χ0n) is 11.0. The molecule has 1 aromatic heterocycles. The zero-order chi connectivity index (χ0) is 14.0. The van der Waals surface area contributed by atoms with Crippen LogP contribution in [0.2, 0.25) is 5.02 Å². The third kappa shape index (κ3) is 2.89. The number of amides is 1. The normalized spacial score (nSPS) is 23.2. The van der Waals surface area contributed by atoms with Gasteiger partial charge in [0.05, 0.1) is 19.2 Å². The second-order valence-electron chi connectivity index (χ2n) is 4.71. The van der Waals surface area contributed by atoms with E-state index in [0.29, 0.717) is 17.4 Å². The molecule has 19 heavy (non-hydrogen) atoms. The van der Waals surface area contributed by atoms with Crippen molar-refractivity contribution in [2.24, 2.45) is 11.7 Å². The molecule has 6 nitrogen and oxygen atoms in total. The molecule has 2 N–H and O–H groups in total. The molecule has 1 aliphatic heterocycles. The molecule has 2 atom stereocenters. The number of carbonyl (C=O) groups excluding carboxylic acids is 1. The Hall–Kier alpha value is -1.56. The number of piperidine rings is 1. The predicted octanol–water partition coefficient (Wildman–Crippen LogP) is 1.23. The van der Waals surface area contributed by atoms with Crippen molar-refractivity contribution < 1.29 is 9.53 Å². The minimum absolute atomic E-state index is 0.173. The van der Waals surface area contributed by atoms with Crippen LogP contribution in [0.3, 0.4) is 0 Å². The summed E-state index contributed by atoms with van der Waals surface area (Å²) in [6.45, 7) is 2.60. The van der Waals surface area contributed by atoms with Gasteiger partial charge in [-0.25, -0.2) is 4.98 Å². The highest BCUT2D eigenvalue weighted by molar-refractivity contribution is 6.32. The Bertz CT molecular complexity index is 483. The number of primary amides is 1. The Labute approximate surface area is 116 Å². The Morgan fingerprint density at radius 2 is 2.32 bits per heavy atom. The molecule has 1 fully saturated rings. The van der Waals surface area contributed by atoms with Crippen molar-refractivity contribution in [2.75, 3.05) is 18.6 Å². The van der Waals surface area contributed by atoms with Gasteiger partial charge in [-0.15, -0.1) is 0 Å². The molecular weight excluding hydrogens is 268 g/mol. The lowest BCUT2D eigenvalue weighted by Crippen LogP contribution is -2.46. The molecule has 0 saturated carbocycles. The van der Waals surface area contributed by atoms with Gasteiger partial charge in [0.25, 0.3) is 0 Å². The fraction of sp³-hybridized carbons (Fsp3) is 0.583. The molecule has 1 aromatic rings. The van der Waals surface area contributed by atoms with Crippen molar-refractivity contribution in [1.29, 1.82) is 0 Å². The van der Waals surface area contributed by atoms with Crippen molar-refractivity contribution in [3.8, 4) is 6.01 Å². The Morgan fingerprint density at radius 1 is 1.58 bits per heavy atom. The van der Waals surface area contributed by atoms with Crippen LogP contribution in [0, 0.1) is 5.92 Å². The number of nitrogens with two attached hydrogens (primary N) is 1. The van der Waals surface area contributed by atoms with Gasteiger partial charge >= 0.3 is 6.01 Å². The third-order valence-electron chi connectivity index (χ3n) is 3.44. The van der Waals surface area contributed by atoms with E-state index in [1.54, 1.807) is 0 Å². The first-order valence-corrected chi connectivity index (χ1v) is 6.53. The summed E-state index contributed by atoms with van der Waals surface area (Å²) in [6, 6.07) is 0.500. The van der Waals surface area contributed by atoms with Crippen LogP contribution >= 0.6 is 11.6 Å². The van der Waals surface area contributed by atoms with Gasteiger partial charge in [0.15, 0.2) is 5.82 Å². The van der Waals surface area contributed by atoms with Gasteiger partial charge in [0, 0.05) is 12.6 Å². The fourth-order valence-corrected chi connectivity index (χ4v) is 2.48. The van der Waals surface area contributed by atoms with Gasteiger partial charge in [-0.3, -0.25) is 4.79 Å². The van der Waals surface area contributed by atoms with E-state index in [2.05, 4.69) is 16.9 Å². The summed E-state index contributed by atoms with van der Waals surface area (Å²) in [7, 11) is 1.50. The van der Waals surface area contributed by atoms with Crippen molar-refractivity contribution in [1.82, 2.24) is 9.97 Å². The lowest BCUT2D eigenvalue weighted by atomic mass is 9.93. The summed E-state index contributed by atoms with van der Waals surface area (Å²) in [6.07, 6.45) is 3.17. The molecule has 0 bridgehead atoms. The lowest BCUT2D eigenvalue weighted by molar-refractivity contribution is -0.122. The summed E-state index contributed by atoms with van der Waals surface area (Å²) in [4.78, 5) is 21.6. The quantitative estimate of drug-likeness (QED) is 0.903. The molecule has 1 amide bonds. The first-order chi connectivity index (χ1) is 9.02. The smallest absolute Gasteiger partial charge is 0.318 e. The molecule has 7 heteroatoms. The third-order valence-corrected chi connectivity index (χ3v) is 3.71. The maximum atomic E-state index is 11.4. The number of carbonyl (C=O) groups is 1. The number of hydrogen-bond acceptors (Lipinski definition) is 5. The number of nitrogens with zero attached hydrogens (tertiary/aromatic N) is 3. The highest BCUT2D eigenvalue weighted by atomic mass is 35.5. The standard InChI is InChI=1S/C12H17ClN4O2/c1-7-3-4-8(10(14)18)6-17(7)11-9(13)5-15-12(16-11)19-2/h5,7-8H,3-4,6H2,1-2H3,(H2,14,18)/t7-,8-/m0/s1. The van der Waals surface area contributed by atoms with Gasteiger partial charge in [0.1, 0.15) is 5.02 Å². The maximum absolute atomic E-state index is 11.4. The van der Waals surface area contributed by atoms with Crippen molar-refractivity contribution in [3.63, 3.8) is 0 Å². The Morgan fingerprint density at radius 3 is 2.95 bits per heavy atom. The van der Waals surface area contributed by atoms with Crippen LogP contribution in [0.1, 0.15) is 19.8 Å². The number of halogens is 1. The van der Waals surface area contributed by atoms with Gasteiger partial charge in [-0.2, -0.15) is 4.98 Å². The summed E-state index contributed by atoms with van der Waals surface area (Å²) in [5.41, 5.74) is 5.39. The van der Waals surface area contributed by atoms with E-state index in [1.807, 2.05) is 4.90 Å². The molecule has 1 saturated heterocycles. The van der Waals surface area contributed by atoms with Gasteiger partial charge in [-0.05, 0) is 19.8 Å². The summed E-state index contributed by atoms with van der Waals surface area (Å²) >= 11 is 6.14. The molecule has 0 unspecified atom stereocenters. The Balaban J connectivity index is 2.30. The van der Waals surface area contributed by atoms with Crippen LogP contribution in [0.25, 0.3) is 0 Å². The van der Waals surface area contributed by atoms with Crippen molar-refractivity contribution in [3.05, 3.63) is 11.2 Å². The first-order valence-electron chi connectivity index (χ1n) is 6.15. The summed E-state index contributed by atoms with van der Waals surface area (Å²) < 4.78 is 5.01. The van der Waals surface area contributed by atoms with E-state index in [4.69, 9.17) is 22.1 Å². The molecule has 0 spiro atoms. The molecule has 104 valence electrons. The molecule has 2 rings (SSSR count). The number of methoxy groups -OCH3 is 1. The van der Waals surface area contributed by atoms with Crippen LogP contribution in [-0.4, -0.2) is 35.6 Å². The molecule has 0 aromatic carbocycles. The second-order valence-corrected chi connectivity index (χ2v) is 5.11. The van der Waals surface area contributed by atoms with Crippen LogP contribution < -0.4 is 15.4 Å². The van der Waals surface area contributed by atoms with Gasteiger partial charge in [-0.1, -0.05) is 11.6 Å². The SMILES string of the molecule is COc1ncc(Cl)c(N2C[C@@H](C(N)=O)CC[C@@H]2C)n1. The Kier molecular flexibility index (Phi) is 4.09. The highest BCUT2D eigenvalue weighted by Gasteiger charge is 2.30. The van der Waals surface area contributed by atoms with Crippen molar-refractivity contribution in [2.45, 2.75) is 25.8 Å². The topological polar surface area (TPSA) is 81.3 Å². The minimum Gasteiger partial charge on any atom is -0.467 e. The lowest BCUT2D eigenvalue weighted by Gasteiger charge is -2.38.